The zero-order valence-corrected chi connectivity index (χ0v) is 11.7. The van der Waals surface area contributed by atoms with Gasteiger partial charge in [0.2, 0.25) is 0 Å². The lowest BCUT2D eigenvalue weighted by Crippen LogP contribution is -2.42. The van der Waals surface area contributed by atoms with Crippen molar-refractivity contribution in [1.29, 1.82) is 0 Å². The lowest BCUT2D eigenvalue weighted by atomic mass is 10.1. The van der Waals surface area contributed by atoms with Crippen molar-refractivity contribution in [3.05, 3.63) is 41.6 Å². The van der Waals surface area contributed by atoms with Gasteiger partial charge in [0.15, 0.2) is 5.57 Å². The van der Waals surface area contributed by atoms with Gasteiger partial charge in [0.05, 0.1) is 0 Å². The van der Waals surface area contributed by atoms with E-state index in [-0.39, 0.29) is 5.57 Å². The van der Waals surface area contributed by atoms with E-state index in [1.54, 1.807) is 0 Å². The van der Waals surface area contributed by atoms with Crippen LogP contribution in [0.1, 0.15) is 26.3 Å². The Morgan fingerprint density at radius 3 is 2.15 bits per heavy atom. The first kappa shape index (κ1) is 14.1. The van der Waals surface area contributed by atoms with Crippen LogP contribution in [0, 0.1) is 0 Å². The summed E-state index contributed by atoms with van der Waals surface area (Å²) in [5.41, 5.74) is 1.84. The zero-order chi connectivity index (χ0) is 14.8. The first-order valence-corrected chi connectivity index (χ1v) is 6.43. The Balaban J connectivity index is 2.10. The number of cyclic esters (lactones) is 2. The van der Waals surface area contributed by atoms with E-state index < -0.39 is 17.7 Å². The molecule has 0 aliphatic carbocycles. The minimum atomic E-state index is -1.21. The van der Waals surface area contributed by atoms with E-state index in [9.17, 15) is 9.59 Å². The molecule has 1 N–H and O–H groups in total. The average Bonchev–Trinajstić information content (AvgIpc) is 2.37. The molecule has 1 aromatic carbocycles. The summed E-state index contributed by atoms with van der Waals surface area (Å²) in [6.07, 6.45) is 2.26. The minimum Gasteiger partial charge on any atom is -0.419 e. The van der Waals surface area contributed by atoms with Crippen LogP contribution < -0.4 is 5.32 Å². The van der Waals surface area contributed by atoms with Crippen LogP contribution in [0.4, 0.5) is 5.69 Å². The average molecular weight is 275 g/mol. The molecule has 1 aliphatic rings. The van der Waals surface area contributed by atoms with Crippen LogP contribution in [0.3, 0.4) is 0 Å². The van der Waals surface area contributed by atoms with Gasteiger partial charge in [-0.25, -0.2) is 9.59 Å². The molecule has 0 unspecified atom stereocenters. The number of aryl methyl sites for hydroxylation is 1. The molecule has 0 spiro atoms. The highest BCUT2D eigenvalue weighted by atomic mass is 16.7. The van der Waals surface area contributed by atoms with Gasteiger partial charge in [0.1, 0.15) is 0 Å². The molecule has 2 rings (SSSR count). The van der Waals surface area contributed by atoms with Gasteiger partial charge in [0, 0.05) is 25.7 Å². The number of anilines is 1. The van der Waals surface area contributed by atoms with E-state index >= 15 is 0 Å². The monoisotopic (exact) mass is 275 g/mol. The van der Waals surface area contributed by atoms with Gasteiger partial charge in [0.25, 0.3) is 5.79 Å². The molecule has 0 bridgehead atoms. The Labute approximate surface area is 117 Å². The summed E-state index contributed by atoms with van der Waals surface area (Å²) in [5.74, 6) is -2.60. The number of nitrogens with one attached hydrogen (secondary N) is 1. The molecule has 1 aromatic rings. The molecule has 1 fully saturated rings. The highest BCUT2D eigenvalue weighted by Gasteiger charge is 2.38. The predicted molar refractivity (Wildman–Crippen MR) is 73.8 cm³/mol. The van der Waals surface area contributed by atoms with Crippen molar-refractivity contribution in [1.82, 2.24) is 0 Å². The van der Waals surface area contributed by atoms with E-state index in [1.807, 2.05) is 24.3 Å². The summed E-state index contributed by atoms with van der Waals surface area (Å²) in [7, 11) is 0. The van der Waals surface area contributed by atoms with E-state index in [4.69, 9.17) is 9.47 Å². The fourth-order valence-corrected chi connectivity index (χ4v) is 1.77. The summed E-state index contributed by atoms with van der Waals surface area (Å²) in [6.45, 7) is 5.09. The van der Waals surface area contributed by atoms with Crippen molar-refractivity contribution in [2.24, 2.45) is 0 Å². The SMILES string of the molecule is CCc1ccc(NC=C2C(=O)OC(C)(C)OC2=O)cc1. The molecule has 0 aromatic heterocycles. The van der Waals surface area contributed by atoms with E-state index in [0.717, 1.165) is 12.1 Å². The number of carbonyl (C=O) groups is 2. The predicted octanol–water partition coefficient (Wildman–Crippen LogP) is 2.38. The summed E-state index contributed by atoms with van der Waals surface area (Å²) in [6, 6.07) is 7.70. The van der Waals surface area contributed by atoms with Crippen LogP contribution in [-0.4, -0.2) is 17.7 Å². The Hall–Kier alpha value is -2.30. The van der Waals surface area contributed by atoms with Gasteiger partial charge in [-0.3, -0.25) is 0 Å². The molecular formula is C15H17NO4. The maximum Gasteiger partial charge on any atom is 0.350 e. The number of benzene rings is 1. The van der Waals surface area contributed by atoms with Crippen LogP contribution in [0.15, 0.2) is 36.0 Å². The van der Waals surface area contributed by atoms with Gasteiger partial charge in [-0.15, -0.1) is 0 Å². The number of esters is 2. The second-order valence-corrected chi connectivity index (χ2v) is 4.93. The van der Waals surface area contributed by atoms with Crippen molar-refractivity contribution in [3.63, 3.8) is 0 Å². The van der Waals surface area contributed by atoms with Gasteiger partial charge in [-0.05, 0) is 24.1 Å². The van der Waals surface area contributed by atoms with Crippen molar-refractivity contribution < 1.29 is 19.1 Å². The summed E-state index contributed by atoms with van der Waals surface area (Å²) < 4.78 is 9.98. The molecule has 5 heteroatoms. The molecule has 0 saturated carbocycles. The van der Waals surface area contributed by atoms with E-state index in [1.165, 1.54) is 25.6 Å². The quantitative estimate of drug-likeness (QED) is 0.521. The van der Waals surface area contributed by atoms with E-state index in [0.29, 0.717) is 0 Å². The molecule has 1 saturated heterocycles. The molecule has 0 amide bonds. The minimum absolute atomic E-state index is 0.149. The third kappa shape index (κ3) is 3.17. The van der Waals surface area contributed by atoms with Gasteiger partial charge >= 0.3 is 11.9 Å². The highest BCUT2D eigenvalue weighted by Crippen LogP contribution is 2.22. The Bertz CT molecular complexity index is 536. The number of hydrogen-bond acceptors (Lipinski definition) is 5. The van der Waals surface area contributed by atoms with Crippen molar-refractivity contribution in [3.8, 4) is 0 Å². The normalized spacial score (nSPS) is 17.2. The van der Waals surface area contributed by atoms with Crippen molar-refractivity contribution in [2.45, 2.75) is 33.0 Å². The first-order valence-electron chi connectivity index (χ1n) is 6.43. The van der Waals surface area contributed by atoms with Crippen molar-refractivity contribution >= 4 is 17.6 Å². The van der Waals surface area contributed by atoms with Gasteiger partial charge in [-0.2, -0.15) is 0 Å². The maximum absolute atomic E-state index is 11.7. The summed E-state index contributed by atoms with van der Waals surface area (Å²) in [5, 5.41) is 2.89. The molecule has 5 nitrogen and oxygen atoms in total. The fourth-order valence-electron chi connectivity index (χ4n) is 1.77. The number of ether oxygens (including phenoxy) is 2. The third-order valence-corrected chi connectivity index (χ3v) is 2.86. The molecule has 20 heavy (non-hydrogen) atoms. The van der Waals surface area contributed by atoms with Crippen LogP contribution in [0.25, 0.3) is 0 Å². The summed E-state index contributed by atoms with van der Waals surface area (Å²) >= 11 is 0. The fraction of sp³-hybridized carbons (Fsp3) is 0.333. The topological polar surface area (TPSA) is 64.6 Å². The standard InChI is InChI=1S/C15H17NO4/c1-4-10-5-7-11(8-6-10)16-9-12-13(17)19-15(2,3)20-14(12)18/h5-9,16H,4H2,1-3H3. The lowest BCUT2D eigenvalue weighted by molar-refractivity contribution is -0.222. The lowest BCUT2D eigenvalue weighted by Gasteiger charge is -2.29. The van der Waals surface area contributed by atoms with Crippen LogP contribution >= 0.6 is 0 Å². The number of carbonyl (C=O) groups excluding carboxylic acids is 2. The van der Waals surface area contributed by atoms with Crippen LogP contribution in [-0.2, 0) is 25.5 Å². The van der Waals surface area contributed by atoms with E-state index in [2.05, 4.69) is 12.2 Å². The molecule has 1 heterocycles. The molecule has 1 aliphatic heterocycles. The zero-order valence-electron chi connectivity index (χ0n) is 11.7. The number of hydrogen-bond donors (Lipinski definition) is 1. The van der Waals surface area contributed by atoms with Gasteiger partial charge < -0.3 is 14.8 Å². The Morgan fingerprint density at radius 2 is 1.65 bits per heavy atom. The maximum atomic E-state index is 11.7. The second-order valence-electron chi connectivity index (χ2n) is 4.93. The Morgan fingerprint density at radius 1 is 1.10 bits per heavy atom. The molecule has 0 atom stereocenters. The largest absolute Gasteiger partial charge is 0.419 e. The smallest absolute Gasteiger partial charge is 0.350 e. The van der Waals surface area contributed by atoms with Crippen LogP contribution in [0.5, 0.6) is 0 Å². The van der Waals surface area contributed by atoms with Crippen LogP contribution in [0.2, 0.25) is 0 Å². The first-order chi connectivity index (χ1) is 9.41. The Kier molecular flexibility index (Phi) is 3.79. The summed E-state index contributed by atoms with van der Waals surface area (Å²) in [4.78, 5) is 23.4. The molecule has 0 radical (unpaired) electrons. The third-order valence-electron chi connectivity index (χ3n) is 2.86. The number of rotatable bonds is 3. The highest BCUT2D eigenvalue weighted by molar-refractivity contribution is 6.15. The van der Waals surface area contributed by atoms with Gasteiger partial charge in [-0.1, -0.05) is 19.1 Å². The second kappa shape index (κ2) is 5.36. The molecular weight excluding hydrogens is 258 g/mol. The van der Waals surface area contributed by atoms with Crippen molar-refractivity contribution in [2.75, 3.05) is 5.32 Å². The molecule has 106 valence electrons.